The molecule has 0 spiro atoms. The second-order valence-corrected chi connectivity index (χ2v) is 9.45. The summed E-state index contributed by atoms with van der Waals surface area (Å²) >= 11 is 0. The number of alkyl halides is 3. The third-order valence-electron chi connectivity index (χ3n) is 6.88. The molecule has 1 fully saturated rings. The van der Waals surface area contributed by atoms with Crippen molar-refractivity contribution < 1.29 is 35.5 Å². The molecule has 37 heavy (non-hydrogen) atoms. The van der Waals surface area contributed by atoms with Gasteiger partial charge in [-0.3, -0.25) is 0 Å². The molecule has 0 amide bonds. The molecule has 0 radical (unpaired) electrons. The minimum absolute atomic E-state index is 0.0813. The SMILES string of the molecule is CCCC[C@H]1CC[C@H](c2cc(F)c(C#Cc3ccc4c(F)c(OC(F)(F)F)c(F)cc4c3)c(F)c2)CC1. The monoisotopic (exact) mass is 522 g/mol. The van der Waals surface area contributed by atoms with Crippen LogP contribution in [0.15, 0.2) is 36.4 Å². The molecule has 0 aliphatic heterocycles. The summed E-state index contributed by atoms with van der Waals surface area (Å²) in [6.45, 7) is 2.16. The molecule has 4 rings (SSSR count). The molecule has 0 unspecified atom stereocenters. The second-order valence-electron chi connectivity index (χ2n) is 9.45. The molecular weight excluding hydrogens is 497 g/mol. The van der Waals surface area contributed by atoms with E-state index in [0.29, 0.717) is 17.5 Å². The van der Waals surface area contributed by atoms with Gasteiger partial charge in [-0.25, -0.2) is 17.6 Å². The fraction of sp³-hybridized carbons (Fsp3) is 0.379. The van der Waals surface area contributed by atoms with Crippen LogP contribution in [0.1, 0.15) is 74.5 Å². The number of hydrogen-bond acceptors (Lipinski definition) is 1. The summed E-state index contributed by atoms with van der Waals surface area (Å²) in [4.78, 5) is 0. The van der Waals surface area contributed by atoms with Crippen molar-refractivity contribution in [3.8, 4) is 17.6 Å². The fourth-order valence-electron chi connectivity index (χ4n) is 4.96. The van der Waals surface area contributed by atoms with Gasteiger partial charge in [0.2, 0.25) is 5.75 Å². The lowest BCUT2D eigenvalue weighted by molar-refractivity contribution is -0.276. The number of ether oxygens (including phenoxy) is 1. The molecular formula is C29H25F7O. The number of benzene rings is 3. The number of halogens is 7. The zero-order valence-electron chi connectivity index (χ0n) is 20.1. The van der Waals surface area contributed by atoms with Gasteiger partial charge >= 0.3 is 6.36 Å². The summed E-state index contributed by atoms with van der Waals surface area (Å²) < 4.78 is 98.9. The Morgan fingerprint density at radius 1 is 0.865 bits per heavy atom. The maximum Gasteiger partial charge on any atom is 0.573 e. The first-order valence-electron chi connectivity index (χ1n) is 12.2. The van der Waals surface area contributed by atoms with Gasteiger partial charge in [-0.1, -0.05) is 44.1 Å². The molecule has 1 aliphatic carbocycles. The van der Waals surface area contributed by atoms with Gasteiger partial charge < -0.3 is 4.74 Å². The molecule has 1 nitrogen and oxygen atoms in total. The Morgan fingerprint density at radius 2 is 1.54 bits per heavy atom. The van der Waals surface area contributed by atoms with Crippen molar-refractivity contribution in [2.75, 3.05) is 0 Å². The van der Waals surface area contributed by atoms with Gasteiger partial charge in [0.05, 0.1) is 5.56 Å². The first-order chi connectivity index (χ1) is 17.6. The van der Waals surface area contributed by atoms with Crippen LogP contribution < -0.4 is 4.74 Å². The smallest absolute Gasteiger partial charge is 0.399 e. The second kappa shape index (κ2) is 11.0. The third kappa shape index (κ3) is 6.38. The van der Waals surface area contributed by atoms with Crippen molar-refractivity contribution in [3.63, 3.8) is 0 Å². The van der Waals surface area contributed by atoms with Crippen molar-refractivity contribution in [1.82, 2.24) is 0 Å². The maximum absolute atomic E-state index is 14.8. The van der Waals surface area contributed by atoms with Crippen LogP contribution in [-0.4, -0.2) is 6.36 Å². The zero-order valence-corrected chi connectivity index (χ0v) is 20.1. The van der Waals surface area contributed by atoms with Crippen LogP contribution in [0.25, 0.3) is 10.8 Å². The van der Waals surface area contributed by atoms with Crippen LogP contribution in [0, 0.1) is 41.0 Å². The molecule has 1 aliphatic rings. The maximum atomic E-state index is 14.8. The van der Waals surface area contributed by atoms with E-state index in [1.807, 2.05) is 0 Å². The zero-order chi connectivity index (χ0) is 26.7. The summed E-state index contributed by atoms with van der Waals surface area (Å²) in [7, 11) is 0. The third-order valence-corrected chi connectivity index (χ3v) is 6.88. The van der Waals surface area contributed by atoms with Crippen LogP contribution in [0.5, 0.6) is 5.75 Å². The average Bonchev–Trinajstić information content (AvgIpc) is 2.84. The summed E-state index contributed by atoms with van der Waals surface area (Å²) in [6.07, 6.45) is 2.14. The van der Waals surface area contributed by atoms with Crippen LogP contribution in [-0.2, 0) is 0 Å². The first kappa shape index (κ1) is 26.8. The van der Waals surface area contributed by atoms with E-state index in [9.17, 15) is 30.7 Å². The minimum Gasteiger partial charge on any atom is -0.399 e. The van der Waals surface area contributed by atoms with Crippen LogP contribution in [0.2, 0.25) is 0 Å². The first-order valence-corrected chi connectivity index (χ1v) is 12.2. The predicted molar refractivity (Wildman–Crippen MR) is 127 cm³/mol. The van der Waals surface area contributed by atoms with Crippen molar-refractivity contribution in [1.29, 1.82) is 0 Å². The summed E-state index contributed by atoms with van der Waals surface area (Å²) in [5, 5.41) is -0.403. The predicted octanol–water partition coefficient (Wildman–Crippen LogP) is 9.16. The van der Waals surface area contributed by atoms with Gasteiger partial charge in [0.1, 0.15) is 11.6 Å². The Balaban J connectivity index is 1.55. The number of fused-ring (bicyclic) bond motifs is 1. The van der Waals surface area contributed by atoms with E-state index in [4.69, 9.17) is 0 Å². The molecule has 0 heterocycles. The van der Waals surface area contributed by atoms with Gasteiger partial charge in [-0.15, -0.1) is 13.2 Å². The van der Waals surface area contributed by atoms with Crippen LogP contribution in [0.3, 0.4) is 0 Å². The highest BCUT2D eigenvalue weighted by Crippen LogP contribution is 2.38. The molecule has 3 aromatic carbocycles. The van der Waals surface area contributed by atoms with Crippen molar-refractivity contribution >= 4 is 10.8 Å². The van der Waals surface area contributed by atoms with Gasteiger partial charge in [-0.2, -0.15) is 0 Å². The summed E-state index contributed by atoms with van der Waals surface area (Å²) in [5.41, 5.74) is 0.360. The Morgan fingerprint density at radius 3 is 2.16 bits per heavy atom. The van der Waals surface area contributed by atoms with Gasteiger partial charge in [0.25, 0.3) is 0 Å². The minimum atomic E-state index is -5.27. The van der Waals surface area contributed by atoms with Crippen LogP contribution in [0.4, 0.5) is 30.7 Å². The molecule has 0 saturated heterocycles. The van der Waals surface area contributed by atoms with Gasteiger partial charge in [0.15, 0.2) is 11.6 Å². The average molecular weight is 523 g/mol. The van der Waals surface area contributed by atoms with Gasteiger partial charge in [-0.05, 0) is 78.8 Å². The highest BCUT2D eigenvalue weighted by Gasteiger charge is 2.34. The standard InChI is InChI=1S/C29H25F7O/c1-2-3-4-17-5-9-19(10-6-17)20-14-24(30)23(25(31)15-20)12-8-18-7-11-22-21(13-18)16-26(32)28(27(22)33)37-29(34,35)36/h7,11,13-17,19H,2-6,9-10H2,1H3/t17-,19-. The summed E-state index contributed by atoms with van der Waals surface area (Å²) in [5.74, 6) is -0.428. The lowest BCUT2D eigenvalue weighted by Gasteiger charge is -2.29. The van der Waals surface area contributed by atoms with Crippen LogP contribution >= 0.6 is 0 Å². The van der Waals surface area contributed by atoms with E-state index in [0.717, 1.165) is 38.2 Å². The Kier molecular flexibility index (Phi) is 8.01. The lowest BCUT2D eigenvalue weighted by atomic mass is 9.77. The van der Waals surface area contributed by atoms with Crippen molar-refractivity contribution in [2.24, 2.45) is 5.92 Å². The lowest BCUT2D eigenvalue weighted by Crippen LogP contribution is -2.19. The molecule has 0 N–H and O–H groups in total. The number of unbranched alkanes of at least 4 members (excludes halogenated alkanes) is 1. The van der Waals surface area contributed by atoms with Crippen molar-refractivity contribution in [2.45, 2.75) is 64.1 Å². The largest absolute Gasteiger partial charge is 0.573 e. The highest BCUT2D eigenvalue weighted by atomic mass is 19.4. The fourth-order valence-corrected chi connectivity index (χ4v) is 4.96. The molecule has 0 aromatic heterocycles. The molecule has 0 atom stereocenters. The van der Waals surface area contributed by atoms with E-state index in [1.165, 1.54) is 37.1 Å². The normalized spacial score (nSPS) is 17.9. The van der Waals surface area contributed by atoms with Crippen molar-refractivity contribution in [3.05, 3.63) is 76.4 Å². The number of rotatable bonds is 5. The molecule has 1 saturated carbocycles. The molecule has 0 bridgehead atoms. The van der Waals surface area contributed by atoms with Gasteiger partial charge in [0, 0.05) is 10.9 Å². The summed E-state index contributed by atoms with van der Waals surface area (Å²) in [6, 6.07) is 6.89. The molecule has 196 valence electrons. The van der Waals surface area contributed by atoms with E-state index in [1.54, 1.807) is 0 Å². The van der Waals surface area contributed by atoms with E-state index < -0.39 is 40.9 Å². The van der Waals surface area contributed by atoms with E-state index in [2.05, 4.69) is 23.5 Å². The quantitative estimate of drug-likeness (QED) is 0.240. The molecule has 8 heteroatoms. The topological polar surface area (TPSA) is 9.23 Å². The highest BCUT2D eigenvalue weighted by molar-refractivity contribution is 5.86. The Bertz CT molecular complexity index is 1320. The molecule has 3 aromatic rings. The Labute approximate surface area is 210 Å². The Hall–Kier alpha value is -3.21. The van der Waals surface area contributed by atoms with E-state index in [-0.39, 0.29) is 22.3 Å². The van der Waals surface area contributed by atoms with E-state index >= 15 is 0 Å². The number of hydrogen-bond donors (Lipinski definition) is 0.